The van der Waals surface area contributed by atoms with Crippen LogP contribution in [-0.4, -0.2) is 76.0 Å². The fourth-order valence-electron chi connectivity index (χ4n) is 2.67. The SMILES string of the molecule is CC(C)OCCCNC(=O)c1cccc(S(=O)(=O)N2CCN(C)CC2)c1. The summed E-state index contributed by atoms with van der Waals surface area (Å²) in [6.45, 7) is 7.33. The third-order valence-corrected chi connectivity index (χ3v) is 6.15. The summed E-state index contributed by atoms with van der Waals surface area (Å²) in [5.41, 5.74) is 0.352. The van der Waals surface area contributed by atoms with Crippen molar-refractivity contribution in [3.05, 3.63) is 29.8 Å². The zero-order valence-electron chi connectivity index (χ0n) is 15.8. The Labute approximate surface area is 156 Å². The van der Waals surface area contributed by atoms with Gasteiger partial charge >= 0.3 is 0 Å². The maximum absolute atomic E-state index is 12.8. The molecule has 0 aliphatic carbocycles. The van der Waals surface area contributed by atoms with E-state index < -0.39 is 10.0 Å². The van der Waals surface area contributed by atoms with Crippen LogP contribution in [0.15, 0.2) is 29.2 Å². The van der Waals surface area contributed by atoms with Gasteiger partial charge in [-0.1, -0.05) is 6.07 Å². The molecule has 0 unspecified atom stereocenters. The van der Waals surface area contributed by atoms with E-state index in [9.17, 15) is 13.2 Å². The number of ether oxygens (including phenoxy) is 1. The van der Waals surface area contributed by atoms with Crippen LogP contribution in [0.1, 0.15) is 30.6 Å². The first-order chi connectivity index (χ1) is 12.3. The normalized spacial score (nSPS) is 16.8. The molecule has 146 valence electrons. The fraction of sp³-hybridized carbons (Fsp3) is 0.611. The Bertz CT molecular complexity index is 698. The van der Waals surface area contributed by atoms with Crippen molar-refractivity contribution in [2.75, 3.05) is 46.4 Å². The van der Waals surface area contributed by atoms with E-state index in [2.05, 4.69) is 10.2 Å². The Hall–Kier alpha value is -1.48. The van der Waals surface area contributed by atoms with Gasteiger partial charge in [-0.25, -0.2) is 8.42 Å². The Morgan fingerprint density at radius 3 is 2.58 bits per heavy atom. The van der Waals surface area contributed by atoms with Gasteiger partial charge in [0.05, 0.1) is 11.0 Å². The van der Waals surface area contributed by atoms with Crippen LogP contribution in [0.3, 0.4) is 0 Å². The summed E-state index contributed by atoms with van der Waals surface area (Å²) in [5.74, 6) is -0.273. The molecule has 1 saturated heterocycles. The lowest BCUT2D eigenvalue weighted by Gasteiger charge is -2.31. The van der Waals surface area contributed by atoms with Gasteiger partial charge < -0.3 is 15.0 Å². The molecular weight excluding hydrogens is 354 g/mol. The zero-order chi connectivity index (χ0) is 19.2. The van der Waals surface area contributed by atoms with Crippen molar-refractivity contribution in [1.82, 2.24) is 14.5 Å². The molecule has 26 heavy (non-hydrogen) atoms. The van der Waals surface area contributed by atoms with Crippen molar-refractivity contribution in [3.63, 3.8) is 0 Å². The summed E-state index contributed by atoms with van der Waals surface area (Å²) in [6, 6.07) is 6.23. The lowest BCUT2D eigenvalue weighted by molar-refractivity contribution is 0.0757. The van der Waals surface area contributed by atoms with Crippen LogP contribution in [0, 0.1) is 0 Å². The predicted octanol–water partition coefficient (Wildman–Crippen LogP) is 1.17. The molecule has 0 aromatic heterocycles. The minimum absolute atomic E-state index is 0.165. The van der Waals surface area contributed by atoms with Crippen LogP contribution in [0.2, 0.25) is 0 Å². The molecule has 1 heterocycles. The zero-order valence-corrected chi connectivity index (χ0v) is 16.6. The number of sulfonamides is 1. The molecule has 1 N–H and O–H groups in total. The van der Waals surface area contributed by atoms with Gasteiger partial charge in [0.25, 0.3) is 5.91 Å². The maximum Gasteiger partial charge on any atom is 0.251 e. The lowest BCUT2D eigenvalue weighted by atomic mass is 10.2. The number of amides is 1. The second-order valence-electron chi connectivity index (χ2n) is 6.76. The average Bonchev–Trinajstić information content (AvgIpc) is 2.61. The van der Waals surface area contributed by atoms with E-state index in [4.69, 9.17) is 4.74 Å². The van der Waals surface area contributed by atoms with E-state index in [1.807, 2.05) is 20.9 Å². The number of hydrogen-bond donors (Lipinski definition) is 1. The van der Waals surface area contributed by atoms with Crippen LogP contribution < -0.4 is 5.32 Å². The number of likely N-dealkylation sites (N-methyl/N-ethyl adjacent to an activating group) is 1. The molecule has 0 bridgehead atoms. The van der Waals surface area contributed by atoms with Crippen molar-refractivity contribution in [3.8, 4) is 0 Å². The summed E-state index contributed by atoms with van der Waals surface area (Å²) in [7, 11) is -1.60. The van der Waals surface area contributed by atoms with Crippen molar-refractivity contribution in [1.29, 1.82) is 0 Å². The molecule has 2 rings (SSSR count). The molecule has 0 saturated carbocycles. The van der Waals surface area contributed by atoms with Gasteiger partial charge in [0, 0.05) is 44.9 Å². The number of carbonyl (C=O) groups is 1. The fourth-order valence-corrected chi connectivity index (χ4v) is 4.14. The van der Waals surface area contributed by atoms with Gasteiger partial charge in [-0.3, -0.25) is 4.79 Å². The van der Waals surface area contributed by atoms with Crippen molar-refractivity contribution in [2.45, 2.75) is 31.3 Å². The first kappa shape index (κ1) is 20.8. The number of nitrogens with one attached hydrogen (secondary N) is 1. The van der Waals surface area contributed by atoms with E-state index in [0.29, 0.717) is 51.3 Å². The predicted molar refractivity (Wildman–Crippen MR) is 101 cm³/mol. The van der Waals surface area contributed by atoms with Crippen LogP contribution in [0.5, 0.6) is 0 Å². The second-order valence-corrected chi connectivity index (χ2v) is 8.70. The van der Waals surface area contributed by atoms with Gasteiger partial charge in [0.2, 0.25) is 10.0 Å². The highest BCUT2D eigenvalue weighted by atomic mass is 32.2. The van der Waals surface area contributed by atoms with E-state index in [1.54, 1.807) is 18.2 Å². The van der Waals surface area contributed by atoms with Gasteiger partial charge in [-0.15, -0.1) is 0 Å². The lowest BCUT2D eigenvalue weighted by Crippen LogP contribution is -2.47. The van der Waals surface area contributed by atoms with Gasteiger partial charge in [0.15, 0.2) is 0 Å². The van der Waals surface area contributed by atoms with Gasteiger partial charge in [0.1, 0.15) is 0 Å². The smallest absolute Gasteiger partial charge is 0.251 e. The van der Waals surface area contributed by atoms with E-state index >= 15 is 0 Å². The van der Waals surface area contributed by atoms with Crippen molar-refractivity contribution in [2.24, 2.45) is 0 Å². The maximum atomic E-state index is 12.8. The summed E-state index contributed by atoms with van der Waals surface area (Å²) in [6.07, 6.45) is 0.880. The molecule has 0 atom stereocenters. The molecule has 1 aliphatic rings. The highest BCUT2D eigenvalue weighted by molar-refractivity contribution is 7.89. The molecular formula is C18H29N3O4S. The standard InChI is InChI=1S/C18H29N3O4S/c1-15(2)25-13-5-8-19-18(22)16-6-4-7-17(14-16)26(23,24)21-11-9-20(3)10-12-21/h4,6-7,14-15H,5,8-13H2,1-3H3,(H,19,22). The van der Waals surface area contributed by atoms with Crippen LogP contribution in [0.25, 0.3) is 0 Å². The molecule has 8 heteroatoms. The highest BCUT2D eigenvalue weighted by Gasteiger charge is 2.27. The number of nitrogens with zero attached hydrogens (tertiary/aromatic N) is 2. The molecule has 0 radical (unpaired) electrons. The first-order valence-corrected chi connectivity index (χ1v) is 10.4. The summed E-state index contributed by atoms with van der Waals surface area (Å²) < 4.78 is 32.5. The summed E-state index contributed by atoms with van der Waals surface area (Å²) in [5, 5.41) is 2.80. The van der Waals surface area contributed by atoms with Crippen LogP contribution in [-0.2, 0) is 14.8 Å². The van der Waals surface area contributed by atoms with E-state index in [-0.39, 0.29) is 16.9 Å². The molecule has 0 spiro atoms. The summed E-state index contributed by atoms with van der Waals surface area (Å²) in [4.78, 5) is 14.5. The Kier molecular flexibility index (Phi) is 7.57. The highest BCUT2D eigenvalue weighted by Crippen LogP contribution is 2.18. The third kappa shape index (κ3) is 5.77. The van der Waals surface area contributed by atoms with Crippen molar-refractivity contribution >= 4 is 15.9 Å². The molecule has 7 nitrogen and oxygen atoms in total. The van der Waals surface area contributed by atoms with Crippen LogP contribution >= 0.6 is 0 Å². The second kappa shape index (κ2) is 9.45. The molecule has 1 amide bonds. The van der Waals surface area contributed by atoms with Crippen molar-refractivity contribution < 1.29 is 17.9 Å². The van der Waals surface area contributed by atoms with Gasteiger partial charge in [-0.2, -0.15) is 4.31 Å². The number of carbonyl (C=O) groups excluding carboxylic acids is 1. The topological polar surface area (TPSA) is 78.9 Å². The monoisotopic (exact) mass is 383 g/mol. The largest absolute Gasteiger partial charge is 0.379 e. The molecule has 1 aliphatic heterocycles. The number of rotatable bonds is 8. The number of piperazine rings is 1. The third-order valence-electron chi connectivity index (χ3n) is 4.25. The number of hydrogen-bond acceptors (Lipinski definition) is 5. The Balaban J connectivity index is 1.97. The van der Waals surface area contributed by atoms with Gasteiger partial charge in [-0.05, 0) is 45.5 Å². The van der Waals surface area contributed by atoms with E-state index in [1.165, 1.54) is 10.4 Å². The first-order valence-electron chi connectivity index (χ1n) is 8.99. The quantitative estimate of drug-likeness (QED) is 0.682. The Morgan fingerprint density at radius 1 is 1.23 bits per heavy atom. The minimum atomic E-state index is -3.57. The Morgan fingerprint density at radius 2 is 1.92 bits per heavy atom. The summed E-state index contributed by atoms with van der Waals surface area (Å²) >= 11 is 0. The molecule has 1 aromatic carbocycles. The number of benzene rings is 1. The average molecular weight is 384 g/mol. The van der Waals surface area contributed by atoms with E-state index in [0.717, 1.165) is 0 Å². The molecule has 1 aromatic rings. The minimum Gasteiger partial charge on any atom is -0.379 e. The van der Waals surface area contributed by atoms with Crippen LogP contribution in [0.4, 0.5) is 0 Å². The molecule has 1 fully saturated rings.